The van der Waals surface area contributed by atoms with Gasteiger partial charge in [-0.3, -0.25) is 4.79 Å². The summed E-state index contributed by atoms with van der Waals surface area (Å²) >= 11 is 5.93. The monoisotopic (exact) mass is 332 g/mol. The fourth-order valence-corrected chi connectivity index (χ4v) is 2.30. The van der Waals surface area contributed by atoms with E-state index in [4.69, 9.17) is 21.1 Å². The molecule has 0 radical (unpaired) electrons. The molecule has 2 aromatic carbocycles. The molecule has 0 bridgehead atoms. The van der Waals surface area contributed by atoms with Gasteiger partial charge in [0.05, 0.1) is 12.2 Å². The van der Waals surface area contributed by atoms with Gasteiger partial charge in [0.15, 0.2) is 5.78 Å². The molecular weight excluding hydrogens is 316 g/mol. The Balaban J connectivity index is 2.21. The van der Waals surface area contributed by atoms with E-state index in [1.54, 1.807) is 31.2 Å². The molecular formula is C18H17ClO4. The van der Waals surface area contributed by atoms with E-state index in [1.165, 1.54) is 13.0 Å². The topological polar surface area (TPSA) is 52.6 Å². The number of rotatable bonds is 6. The van der Waals surface area contributed by atoms with E-state index < -0.39 is 5.97 Å². The average Bonchev–Trinajstić information content (AvgIpc) is 2.53. The first-order valence-corrected chi connectivity index (χ1v) is 7.58. The number of halogens is 1. The Morgan fingerprint density at radius 1 is 1.09 bits per heavy atom. The van der Waals surface area contributed by atoms with Gasteiger partial charge in [0.1, 0.15) is 12.4 Å². The van der Waals surface area contributed by atoms with Crippen molar-refractivity contribution in [1.82, 2.24) is 0 Å². The number of hydrogen-bond acceptors (Lipinski definition) is 4. The molecule has 120 valence electrons. The first-order valence-electron chi connectivity index (χ1n) is 7.20. The summed E-state index contributed by atoms with van der Waals surface area (Å²) in [7, 11) is 0. The predicted molar refractivity (Wildman–Crippen MR) is 88.2 cm³/mol. The smallest absolute Gasteiger partial charge is 0.338 e. The van der Waals surface area contributed by atoms with Crippen molar-refractivity contribution in [3.8, 4) is 5.75 Å². The lowest BCUT2D eigenvalue weighted by Gasteiger charge is -2.11. The zero-order chi connectivity index (χ0) is 16.8. The highest BCUT2D eigenvalue weighted by Crippen LogP contribution is 2.21. The minimum absolute atomic E-state index is 0.200. The van der Waals surface area contributed by atoms with E-state index in [1.807, 2.05) is 12.1 Å². The molecule has 0 aliphatic rings. The Hall–Kier alpha value is -2.33. The Labute approximate surface area is 140 Å². The first kappa shape index (κ1) is 17.0. The van der Waals surface area contributed by atoms with E-state index in [-0.39, 0.29) is 18.0 Å². The van der Waals surface area contributed by atoms with Crippen molar-refractivity contribution < 1.29 is 19.1 Å². The van der Waals surface area contributed by atoms with Gasteiger partial charge in [0.25, 0.3) is 0 Å². The van der Waals surface area contributed by atoms with Crippen LogP contribution in [-0.4, -0.2) is 18.4 Å². The van der Waals surface area contributed by atoms with Crippen LogP contribution < -0.4 is 4.74 Å². The zero-order valence-corrected chi connectivity index (χ0v) is 13.7. The number of Topliss-reactive ketones (excluding diaryl/α,β-unsaturated/α-hetero) is 1. The highest BCUT2D eigenvalue weighted by atomic mass is 35.5. The lowest BCUT2D eigenvalue weighted by Crippen LogP contribution is -2.11. The third-order valence-electron chi connectivity index (χ3n) is 3.16. The van der Waals surface area contributed by atoms with E-state index in [9.17, 15) is 9.59 Å². The normalized spacial score (nSPS) is 10.2. The molecule has 0 spiro atoms. The largest absolute Gasteiger partial charge is 0.489 e. The van der Waals surface area contributed by atoms with Crippen molar-refractivity contribution in [3.63, 3.8) is 0 Å². The Morgan fingerprint density at radius 3 is 2.52 bits per heavy atom. The highest BCUT2D eigenvalue weighted by Gasteiger charge is 2.16. The average molecular weight is 333 g/mol. The molecule has 0 aliphatic carbocycles. The number of carbonyl (C=O) groups excluding carboxylic acids is 2. The van der Waals surface area contributed by atoms with Gasteiger partial charge in [-0.25, -0.2) is 4.79 Å². The van der Waals surface area contributed by atoms with Crippen LogP contribution in [0.15, 0.2) is 42.5 Å². The molecule has 0 unspecified atom stereocenters. The van der Waals surface area contributed by atoms with Crippen LogP contribution in [-0.2, 0) is 11.3 Å². The maximum atomic E-state index is 12.0. The van der Waals surface area contributed by atoms with Crippen LogP contribution in [0.25, 0.3) is 0 Å². The second kappa shape index (κ2) is 7.79. The molecule has 4 nitrogen and oxygen atoms in total. The molecule has 0 saturated heterocycles. The van der Waals surface area contributed by atoms with Gasteiger partial charge in [0.2, 0.25) is 0 Å². The van der Waals surface area contributed by atoms with Crippen molar-refractivity contribution in [2.24, 2.45) is 0 Å². The molecule has 0 fully saturated rings. The maximum Gasteiger partial charge on any atom is 0.338 e. The number of ether oxygens (including phenoxy) is 2. The number of carbonyl (C=O) groups is 2. The second-order valence-electron chi connectivity index (χ2n) is 4.90. The van der Waals surface area contributed by atoms with E-state index in [2.05, 4.69) is 0 Å². The van der Waals surface area contributed by atoms with Crippen LogP contribution in [0.5, 0.6) is 5.75 Å². The SMILES string of the molecule is CCOC(=O)c1cc(OCc2cccc(Cl)c2)ccc1C(C)=O. The molecule has 0 heterocycles. The van der Waals surface area contributed by atoms with Gasteiger partial charge < -0.3 is 9.47 Å². The molecule has 2 aromatic rings. The van der Waals surface area contributed by atoms with Gasteiger partial charge >= 0.3 is 5.97 Å². The fraction of sp³-hybridized carbons (Fsp3) is 0.222. The summed E-state index contributed by atoms with van der Waals surface area (Å²) in [6, 6.07) is 12.1. The molecule has 2 rings (SSSR count). The number of ketones is 1. The summed E-state index contributed by atoms with van der Waals surface area (Å²) in [4.78, 5) is 23.6. The van der Waals surface area contributed by atoms with Crippen LogP contribution in [0.1, 0.15) is 40.1 Å². The third-order valence-corrected chi connectivity index (χ3v) is 3.40. The summed E-state index contributed by atoms with van der Waals surface area (Å²) in [5.74, 6) is -0.252. The number of hydrogen-bond donors (Lipinski definition) is 0. The van der Waals surface area contributed by atoms with Gasteiger partial charge in [-0.05, 0) is 49.7 Å². The summed E-state index contributed by atoms with van der Waals surface area (Å²) in [5, 5.41) is 0.630. The van der Waals surface area contributed by atoms with E-state index in [0.717, 1.165) is 5.56 Å². The van der Waals surface area contributed by atoms with Crippen LogP contribution in [0.3, 0.4) is 0 Å². The lowest BCUT2D eigenvalue weighted by atomic mass is 10.0. The molecule has 0 aromatic heterocycles. The van der Waals surface area contributed by atoms with Gasteiger partial charge in [-0.15, -0.1) is 0 Å². The fourth-order valence-electron chi connectivity index (χ4n) is 2.09. The molecule has 23 heavy (non-hydrogen) atoms. The van der Waals surface area contributed by atoms with Gasteiger partial charge in [-0.2, -0.15) is 0 Å². The maximum absolute atomic E-state index is 12.0. The van der Waals surface area contributed by atoms with Crippen molar-refractivity contribution in [3.05, 3.63) is 64.2 Å². The summed E-state index contributed by atoms with van der Waals surface area (Å²) < 4.78 is 10.7. The molecule has 0 saturated carbocycles. The van der Waals surface area contributed by atoms with Gasteiger partial charge in [0, 0.05) is 10.6 Å². The van der Waals surface area contributed by atoms with Gasteiger partial charge in [-0.1, -0.05) is 23.7 Å². The van der Waals surface area contributed by atoms with Crippen molar-refractivity contribution in [1.29, 1.82) is 0 Å². The minimum atomic E-state index is -0.536. The molecule has 0 N–H and O–H groups in total. The molecule has 0 atom stereocenters. The van der Waals surface area contributed by atoms with Crippen LogP contribution >= 0.6 is 11.6 Å². The quantitative estimate of drug-likeness (QED) is 0.584. The van der Waals surface area contributed by atoms with E-state index in [0.29, 0.717) is 22.9 Å². The standard InChI is InChI=1S/C18H17ClO4/c1-3-22-18(21)17-10-15(7-8-16(17)12(2)20)23-11-13-5-4-6-14(19)9-13/h4-10H,3,11H2,1-2H3. The predicted octanol–water partition coefficient (Wildman–Crippen LogP) is 4.30. The lowest BCUT2D eigenvalue weighted by molar-refractivity contribution is 0.0522. The van der Waals surface area contributed by atoms with Crippen LogP contribution in [0.2, 0.25) is 5.02 Å². The number of benzene rings is 2. The van der Waals surface area contributed by atoms with Crippen LogP contribution in [0, 0.1) is 0 Å². The van der Waals surface area contributed by atoms with Crippen molar-refractivity contribution in [2.75, 3.05) is 6.61 Å². The Bertz CT molecular complexity index is 725. The highest BCUT2D eigenvalue weighted by molar-refractivity contribution is 6.30. The zero-order valence-electron chi connectivity index (χ0n) is 13.0. The van der Waals surface area contributed by atoms with Crippen molar-refractivity contribution >= 4 is 23.4 Å². The van der Waals surface area contributed by atoms with Crippen LogP contribution in [0.4, 0.5) is 0 Å². The Kier molecular flexibility index (Phi) is 5.77. The molecule has 0 aliphatic heterocycles. The minimum Gasteiger partial charge on any atom is -0.489 e. The summed E-state index contributed by atoms with van der Waals surface area (Å²) in [6.45, 7) is 3.67. The summed E-state index contributed by atoms with van der Waals surface area (Å²) in [6.07, 6.45) is 0. The Morgan fingerprint density at radius 2 is 1.87 bits per heavy atom. The molecule has 5 heteroatoms. The summed E-state index contributed by atoms with van der Waals surface area (Å²) in [5.41, 5.74) is 1.44. The van der Waals surface area contributed by atoms with E-state index >= 15 is 0 Å². The number of esters is 1. The molecule has 0 amide bonds. The first-order chi connectivity index (χ1) is 11.0. The third kappa shape index (κ3) is 4.57. The van der Waals surface area contributed by atoms with Crippen molar-refractivity contribution in [2.45, 2.75) is 20.5 Å². The second-order valence-corrected chi connectivity index (χ2v) is 5.34.